The van der Waals surface area contributed by atoms with E-state index in [1.54, 1.807) is 0 Å². The van der Waals surface area contributed by atoms with Crippen molar-refractivity contribution in [1.29, 1.82) is 0 Å². The van der Waals surface area contributed by atoms with Crippen molar-refractivity contribution in [2.24, 2.45) is 11.1 Å². The summed E-state index contributed by atoms with van der Waals surface area (Å²) in [6.45, 7) is 8.23. The van der Waals surface area contributed by atoms with Crippen LogP contribution in [0.3, 0.4) is 0 Å². The third-order valence-electron chi connectivity index (χ3n) is 1.76. The normalized spacial score (nSPS) is 14.0. The Labute approximate surface area is 73.4 Å². The number of nitrogens with two attached hydrogens (primary N) is 1. The third-order valence-corrected chi connectivity index (χ3v) is 1.76. The molecule has 1 atom stereocenters. The van der Waals surface area contributed by atoms with Crippen LogP contribution in [0.1, 0.15) is 34.1 Å². The Morgan fingerprint density at radius 2 is 2.08 bits per heavy atom. The largest absolute Gasteiger partial charge is 0.423 e. The van der Waals surface area contributed by atoms with E-state index in [-0.39, 0.29) is 11.5 Å². The molecule has 0 saturated carbocycles. The van der Waals surface area contributed by atoms with Gasteiger partial charge in [0.25, 0.3) is 0 Å². The van der Waals surface area contributed by atoms with Gasteiger partial charge in [0.1, 0.15) is 0 Å². The number of rotatable bonds is 3. The summed E-state index contributed by atoms with van der Waals surface area (Å²) in [7, 11) is 0. The lowest BCUT2D eigenvalue weighted by molar-refractivity contribution is 0.0426. The van der Waals surface area contributed by atoms with Crippen molar-refractivity contribution < 1.29 is 9.63 Å². The zero-order chi connectivity index (χ0) is 9.78. The average Bonchev–Trinajstić information content (AvgIpc) is 1.85. The average molecular weight is 174 g/mol. The van der Waals surface area contributed by atoms with Crippen molar-refractivity contribution in [2.75, 3.05) is 0 Å². The van der Waals surface area contributed by atoms with Gasteiger partial charge in [-0.2, -0.15) is 0 Å². The number of hydrogen-bond acceptors (Lipinski definition) is 3. The van der Waals surface area contributed by atoms with Crippen LogP contribution in [0.2, 0.25) is 0 Å². The smallest absolute Gasteiger partial charge is 0.354 e. The maximum absolute atomic E-state index is 10.3. The summed E-state index contributed by atoms with van der Waals surface area (Å²) < 4.78 is 0. The van der Waals surface area contributed by atoms with E-state index in [1.165, 1.54) is 0 Å². The SMILES string of the molecule is CCC(NOC(N)=O)C(C)(C)C. The number of primary amides is 1. The Balaban J connectivity index is 3.92. The fourth-order valence-corrected chi connectivity index (χ4v) is 1.00. The topological polar surface area (TPSA) is 64.3 Å². The lowest BCUT2D eigenvalue weighted by atomic mass is 9.86. The number of amides is 1. The Morgan fingerprint density at radius 1 is 1.58 bits per heavy atom. The second-order valence-electron chi connectivity index (χ2n) is 3.87. The summed E-state index contributed by atoms with van der Waals surface area (Å²) in [5.74, 6) is 0. The minimum atomic E-state index is -0.794. The maximum Gasteiger partial charge on any atom is 0.423 e. The van der Waals surface area contributed by atoms with Crippen molar-refractivity contribution >= 4 is 6.09 Å². The molecule has 0 rings (SSSR count). The summed E-state index contributed by atoms with van der Waals surface area (Å²) in [4.78, 5) is 14.8. The third kappa shape index (κ3) is 4.18. The highest BCUT2D eigenvalue weighted by Gasteiger charge is 2.23. The number of hydrogen-bond donors (Lipinski definition) is 2. The molecule has 72 valence electrons. The number of carbonyl (C=O) groups is 1. The van der Waals surface area contributed by atoms with E-state index in [9.17, 15) is 4.79 Å². The summed E-state index contributed by atoms with van der Waals surface area (Å²) in [6.07, 6.45) is 0.0919. The molecule has 0 heterocycles. The first kappa shape index (κ1) is 11.2. The van der Waals surface area contributed by atoms with E-state index < -0.39 is 6.09 Å². The van der Waals surface area contributed by atoms with Crippen molar-refractivity contribution in [3.8, 4) is 0 Å². The van der Waals surface area contributed by atoms with Crippen LogP contribution in [0.15, 0.2) is 0 Å². The van der Waals surface area contributed by atoms with Gasteiger partial charge in [0, 0.05) is 6.04 Å². The molecule has 0 aromatic carbocycles. The predicted molar refractivity (Wildman–Crippen MR) is 47.3 cm³/mol. The van der Waals surface area contributed by atoms with Crippen LogP contribution in [0.4, 0.5) is 4.79 Å². The van der Waals surface area contributed by atoms with Gasteiger partial charge < -0.3 is 10.6 Å². The predicted octanol–water partition coefficient (Wildman–Crippen LogP) is 1.41. The van der Waals surface area contributed by atoms with E-state index >= 15 is 0 Å². The van der Waals surface area contributed by atoms with E-state index in [2.05, 4.69) is 31.1 Å². The number of carbonyl (C=O) groups excluding carboxylic acids is 1. The van der Waals surface area contributed by atoms with E-state index in [4.69, 9.17) is 5.73 Å². The van der Waals surface area contributed by atoms with Crippen molar-refractivity contribution in [3.63, 3.8) is 0 Å². The highest BCUT2D eigenvalue weighted by molar-refractivity contribution is 5.64. The van der Waals surface area contributed by atoms with Gasteiger partial charge in [0.05, 0.1) is 0 Å². The van der Waals surface area contributed by atoms with Crippen LogP contribution in [-0.4, -0.2) is 12.1 Å². The van der Waals surface area contributed by atoms with Gasteiger partial charge in [-0.05, 0) is 11.8 Å². The first-order chi connectivity index (χ1) is 5.38. The molecule has 0 aliphatic carbocycles. The fraction of sp³-hybridized carbons (Fsp3) is 0.875. The first-order valence-corrected chi connectivity index (χ1v) is 4.09. The molecule has 4 heteroatoms. The van der Waals surface area contributed by atoms with Crippen molar-refractivity contribution in [1.82, 2.24) is 5.48 Å². The van der Waals surface area contributed by atoms with Crippen LogP contribution in [-0.2, 0) is 4.84 Å². The molecular weight excluding hydrogens is 156 g/mol. The molecule has 0 radical (unpaired) electrons. The molecule has 0 aliphatic rings. The summed E-state index contributed by atoms with van der Waals surface area (Å²) >= 11 is 0. The van der Waals surface area contributed by atoms with E-state index in [1.807, 2.05) is 6.92 Å². The summed E-state index contributed by atoms with van der Waals surface area (Å²) in [6, 6.07) is 0.130. The monoisotopic (exact) mass is 174 g/mol. The van der Waals surface area contributed by atoms with Crippen LogP contribution in [0, 0.1) is 5.41 Å². The van der Waals surface area contributed by atoms with Gasteiger partial charge in [-0.3, -0.25) is 0 Å². The van der Waals surface area contributed by atoms with Crippen LogP contribution in [0.25, 0.3) is 0 Å². The molecule has 0 spiro atoms. The lowest BCUT2D eigenvalue weighted by Gasteiger charge is -2.29. The Hall–Kier alpha value is -0.770. The van der Waals surface area contributed by atoms with Gasteiger partial charge >= 0.3 is 6.09 Å². The maximum atomic E-state index is 10.3. The molecule has 3 N–H and O–H groups in total. The zero-order valence-electron chi connectivity index (χ0n) is 8.18. The minimum Gasteiger partial charge on any atom is -0.354 e. The molecule has 0 aliphatic heterocycles. The molecule has 4 nitrogen and oxygen atoms in total. The van der Waals surface area contributed by atoms with E-state index in [0.29, 0.717) is 0 Å². The standard InChI is InChI=1S/C8H18N2O2/c1-5-6(8(2,3)4)10-12-7(9)11/h6,10H,5H2,1-4H3,(H2,9,11). The van der Waals surface area contributed by atoms with E-state index in [0.717, 1.165) is 6.42 Å². The number of nitrogens with one attached hydrogen (secondary N) is 1. The second kappa shape index (κ2) is 4.30. The molecule has 0 saturated heterocycles. The van der Waals surface area contributed by atoms with Crippen LogP contribution < -0.4 is 11.2 Å². The van der Waals surface area contributed by atoms with Crippen molar-refractivity contribution in [3.05, 3.63) is 0 Å². The van der Waals surface area contributed by atoms with Gasteiger partial charge in [0.2, 0.25) is 0 Å². The molecule has 0 aromatic rings. The van der Waals surface area contributed by atoms with Gasteiger partial charge in [0.15, 0.2) is 0 Å². The molecule has 12 heavy (non-hydrogen) atoms. The molecule has 0 aromatic heterocycles. The van der Waals surface area contributed by atoms with Gasteiger partial charge in [-0.25, -0.2) is 4.79 Å². The Bertz CT molecular complexity index is 152. The fourth-order valence-electron chi connectivity index (χ4n) is 1.00. The highest BCUT2D eigenvalue weighted by Crippen LogP contribution is 2.21. The van der Waals surface area contributed by atoms with Crippen LogP contribution >= 0.6 is 0 Å². The molecule has 1 unspecified atom stereocenters. The lowest BCUT2D eigenvalue weighted by Crippen LogP contribution is -2.41. The van der Waals surface area contributed by atoms with Crippen LogP contribution in [0.5, 0.6) is 0 Å². The van der Waals surface area contributed by atoms with Gasteiger partial charge in [-0.15, -0.1) is 5.48 Å². The zero-order valence-corrected chi connectivity index (χ0v) is 8.18. The molecule has 1 amide bonds. The Morgan fingerprint density at radius 3 is 2.33 bits per heavy atom. The quantitative estimate of drug-likeness (QED) is 0.636. The molecule has 0 fully saturated rings. The Kier molecular flexibility index (Phi) is 4.03. The summed E-state index contributed by atoms with van der Waals surface area (Å²) in [5.41, 5.74) is 7.51. The highest BCUT2D eigenvalue weighted by atomic mass is 16.7. The molecule has 0 bridgehead atoms. The van der Waals surface area contributed by atoms with Crippen molar-refractivity contribution in [2.45, 2.75) is 40.2 Å². The minimum absolute atomic E-state index is 0.0597. The van der Waals surface area contributed by atoms with Gasteiger partial charge in [-0.1, -0.05) is 27.7 Å². The summed E-state index contributed by atoms with van der Waals surface area (Å²) in [5, 5.41) is 0. The molecular formula is C8H18N2O2. The first-order valence-electron chi connectivity index (χ1n) is 4.09. The second-order valence-corrected chi connectivity index (χ2v) is 3.87. The number of hydroxylamine groups is 1.